The van der Waals surface area contributed by atoms with Crippen molar-refractivity contribution < 1.29 is 9.53 Å². The van der Waals surface area contributed by atoms with Crippen LogP contribution in [0.2, 0.25) is 0 Å². The number of amides is 1. The van der Waals surface area contributed by atoms with Gasteiger partial charge in [0.05, 0.1) is 12.6 Å². The van der Waals surface area contributed by atoms with Crippen molar-refractivity contribution in [2.45, 2.75) is 32.6 Å². The minimum atomic E-state index is 0.0576. The van der Waals surface area contributed by atoms with Crippen LogP contribution in [0, 0.1) is 0 Å². The smallest absolute Gasteiger partial charge is 0.219 e. The van der Waals surface area contributed by atoms with Crippen LogP contribution in [0.1, 0.15) is 19.2 Å². The lowest BCUT2D eigenvalue weighted by molar-refractivity contribution is -0.121. The Morgan fingerprint density at radius 3 is 3.47 bits per heavy atom. The van der Waals surface area contributed by atoms with Crippen molar-refractivity contribution >= 4 is 5.91 Å². The Bertz CT molecular complexity index is 348. The number of fused-ring (bicyclic) bond motifs is 1. The molecule has 2 heterocycles. The Balaban J connectivity index is 1.85. The van der Waals surface area contributed by atoms with Gasteiger partial charge in [-0.25, -0.2) is 4.98 Å². The van der Waals surface area contributed by atoms with Gasteiger partial charge in [-0.3, -0.25) is 4.79 Å². The van der Waals surface area contributed by atoms with E-state index in [0.29, 0.717) is 19.6 Å². The standard InChI is InChI=1S/C10H15N3O2/c1-2-10(14)12-5-8-6-13-4-3-11-9(13)7-15-8/h3-4,8H,2,5-7H2,1H3,(H,12,14)/t8-/m0/s1. The van der Waals surface area contributed by atoms with E-state index in [1.807, 2.05) is 13.1 Å². The molecule has 0 saturated carbocycles. The number of hydrogen-bond acceptors (Lipinski definition) is 3. The molecule has 1 aromatic rings. The zero-order valence-corrected chi connectivity index (χ0v) is 8.77. The fraction of sp³-hybridized carbons (Fsp3) is 0.600. The van der Waals surface area contributed by atoms with Crippen molar-refractivity contribution in [3.63, 3.8) is 0 Å². The highest BCUT2D eigenvalue weighted by molar-refractivity contribution is 5.75. The van der Waals surface area contributed by atoms with Crippen molar-refractivity contribution in [3.8, 4) is 0 Å². The molecule has 5 nitrogen and oxygen atoms in total. The molecule has 0 radical (unpaired) electrons. The molecule has 1 aromatic heterocycles. The van der Waals surface area contributed by atoms with E-state index in [2.05, 4.69) is 14.9 Å². The van der Waals surface area contributed by atoms with Crippen LogP contribution in [0.3, 0.4) is 0 Å². The minimum absolute atomic E-state index is 0.0576. The van der Waals surface area contributed by atoms with E-state index in [1.165, 1.54) is 0 Å². The summed E-state index contributed by atoms with van der Waals surface area (Å²) in [5.74, 6) is 1.02. The second kappa shape index (κ2) is 4.44. The number of imidazole rings is 1. The van der Waals surface area contributed by atoms with E-state index in [9.17, 15) is 4.79 Å². The Morgan fingerprint density at radius 2 is 2.67 bits per heavy atom. The summed E-state index contributed by atoms with van der Waals surface area (Å²) in [6.07, 6.45) is 4.28. The van der Waals surface area contributed by atoms with Crippen molar-refractivity contribution in [2.75, 3.05) is 6.54 Å². The van der Waals surface area contributed by atoms with E-state index >= 15 is 0 Å². The van der Waals surface area contributed by atoms with Gasteiger partial charge in [-0.1, -0.05) is 6.92 Å². The summed E-state index contributed by atoms with van der Waals surface area (Å²) in [7, 11) is 0. The van der Waals surface area contributed by atoms with Crippen LogP contribution in [0.15, 0.2) is 12.4 Å². The zero-order chi connectivity index (χ0) is 10.7. The molecular formula is C10H15N3O2. The second-order valence-corrected chi connectivity index (χ2v) is 3.59. The van der Waals surface area contributed by atoms with Gasteiger partial charge in [0.2, 0.25) is 5.91 Å². The fourth-order valence-electron chi connectivity index (χ4n) is 1.59. The van der Waals surface area contributed by atoms with Crippen LogP contribution in [0.25, 0.3) is 0 Å². The number of ether oxygens (including phenoxy) is 1. The third-order valence-corrected chi connectivity index (χ3v) is 2.50. The number of rotatable bonds is 3. The average Bonchev–Trinajstić information content (AvgIpc) is 2.72. The number of nitrogens with one attached hydrogen (secondary N) is 1. The molecule has 1 aliphatic heterocycles. The molecule has 0 fully saturated rings. The quantitative estimate of drug-likeness (QED) is 0.779. The molecule has 0 bridgehead atoms. The lowest BCUT2D eigenvalue weighted by atomic mass is 10.3. The molecular weight excluding hydrogens is 194 g/mol. The summed E-state index contributed by atoms with van der Waals surface area (Å²) >= 11 is 0. The molecule has 0 spiro atoms. The summed E-state index contributed by atoms with van der Waals surface area (Å²) in [5.41, 5.74) is 0. The molecule has 0 unspecified atom stereocenters. The van der Waals surface area contributed by atoms with Crippen LogP contribution in [0.5, 0.6) is 0 Å². The van der Waals surface area contributed by atoms with Gasteiger partial charge < -0.3 is 14.6 Å². The van der Waals surface area contributed by atoms with Crippen molar-refractivity contribution in [1.29, 1.82) is 0 Å². The van der Waals surface area contributed by atoms with Gasteiger partial charge in [0.15, 0.2) is 0 Å². The molecule has 1 atom stereocenters. The molecule has 0 aliphatic carbocycles. The van der Waals surface area contributed by atoms with E-state index in [1.54, 1.807) is 6.20 Å². The molecule has 0 aromatic carbocycles. The van der Waals surface area contributed by atoms with Crippen LogP contribution >= 0.6 is 0 Å². The van der Waals surface area contributed by atoms with E-state index in [4.69, 9.17) is 4.74 Å². The fourth-order valence-corrected chi connectivity index (χ4v) is 1.59. The molecule has 5 heteroatoms. The normalized spacial score (nSPS) is 19.7. The molecule has 1 amide bonds. The largest absolute Gasteiger partial charge is 0.367 e. The van der Waals surface area contributed by atoms with Crippen LogP contribution in [-0.2, 0) is 22.7 Å². The predicted molar refractivity (Wildman–Crippen MR) is 54.1 cm³/mol. The number of carbonyl (C=O) groups is 1. The Labute approximate surface area is 88.4 Å². The van der Waals surface area contributed by atoms with Crippen molar-refractivity contribution in [3.05, 3.63) is 18.2 Å². The van der Waals surface area contributed by atoms with E-state index < -0.39 is 0 Å². The summed E-state index contributed by atoms with van der Waals surface area (Å²) in [5, 5.41) is 2.83. The highest BCUT2D eigenvalue weighted by atomic mass is 16.5. The first-order valence-corrected chi connectivity index (χ1v) is 5.18. The molecule has 2 rings (SSSR count). The Morgan fingerprint density at radius 1 is 1.80 bits per heavy atom. The number of hydrogen-bond donors (Lipinski definition) is 1. The first-order valence-electron chi connectivity index (χ1n) is 5.18. The summed E-state index contributed by atoms with van der Waals surface area (Å²) in [4.78, 5) is 15.2. The third-order valence-electron chi connectivity index (χ3n) is 2.50. The molecule has 1 N–H and O–H groups in total. The maximum atomic E-state index is 11.1. The molecule has 82 valence electrons. The molecule has 15 heavy (non-hydrogen) atoms. The van der Waals surface area contributed by atoms with Gasteiger partial charge in [-0.05, 0) is 0 Å². The minimum Gasteiger partial charge on any atom is -0.367 e. The monoisotopic (exact) mass is 209 g/mol. The van der Waals surface area contributed by atoms with Gasteiger partial charge in [-0.15, -0.1) is 0 Å². The topological polar surface area (TPSA) is 56.2 Å². The predicted octanol–water partition coefficient (Wildman–Crippen LogP) is 0.308. The first kappa shape index (κ1) is 10.2. The third kappa shape index (κ3) is 2.36. The molecule has 0 saturated heterocycles. The van der Waals surface area contributed by atoms with Gasteiger partial charge in [0.25, 0.3) is 0 Å². The van der Waals surface area contributed by atoms with E-state index in [0.717, 1.165) is 12.4 Å². The highest BCUT2D eigenvalue weighted by Crippen LogP contribution is 2.11. The number of aromatic nitrogens is 2. The second-order valence-electron chi connectivity index (χ2n) is 3.59. The Kier molecular flexibility index (Phi) is 3.01. The van der Waals surface area contributed by atoms with Gasteiger partial charge in [0, 0.05) is 25.4 Å². The Hall–Kier alpha value is -1.36. The molecule has 1 aliphatic rings. The average molecular weight is 209 g/mol. The maximum Gasteiger partial charge on any atom is 0.219 e. The van der Waals surface area contributed by atoms with Crippen molar-refractivity contribution in [1.82, 2.24) is 14.9 Å². The number of nitrogens with zero attached hydrogens (tertiary/aromatic N) is 2. The summed E-state index contributed by atoms with van der Waals surface area (Å²) in [6, 6.07) is 0. The van der Waals surface area contributed by atoms with Gasteiger partial charge >= 0.3 is 0 Å². The SMILES string of the molecule is CCC(=O)NC[C@H]1Cn2ccnc2CO1. The van der Waals surface area contributed by atoms with Gasteiger partial charge in [0.1, 0.15) is 12.4 Å². The summed E-state index contributed by atoms with van der Waals surface area (Å²) in [6.45, 7) is 3.70. The van der Waals surface area contributed by atoms with Crippen LogP contribution in [-0.4, -0.2) is 28.1 Å². The lowest BCUT2D eigenvalue weighted by Crippen LogP contribution is -2.38. The summed E-state index contributed by atoms with van der Waals surface area (Å²) < 4.78 is 7.62. The van der Waals surface area contributed by atoms with Gasteiger partial charge in [-0.2, -0.15) is 0 Å². The van der Waals surface area contributed by atoms with Crippen LogP contribution < -0.4 is 5.32 Å². The first-order chi connectivity index (χ1) is 7.29. The lowest BCUT2D eigenvalue weighted by Gasteiger charge is -2.24. The van der Waals surface area contributed by atoms with E-state index in [-0.39, 0.29) is 12.0 Å². The maximum absolute atomic E-state index is 11.1. The highest BCUT2D eigenvalue weighted by Gasteiger charge is 2.19. The zero-order valence-electron chi connectivity index (χ0n) is 8.77. The van der Waals surface area contributed by atoms with Crippen LogP contribution in [0.4, 0.5) is 0 Å². The number of carbonyl (C=O) groups excluding carboxylic acids is 1. The van der Waals surface area contributed by atoms with Crippen molar-refractivity contribution in [2.24, 2.45) is 0 Å².